The van der Waals surface area contributed by atoms with Crippen molar-refractivity contribution < 1.29 is 19.2 Å². The topological polar surface area (TPSA) is 103 Å². The van der Waals surface area contributed by atoms with Crippen LogP contribution in [-0.2, 0) is 4.79 Å². The molecule has 0 bridgehead atoms. The lowest BCUT2D eigenvalue weighted by molar-refractivity contribution is -0.386. The Morgan fingerprint density at radius 2 is 1.76 bits per heavy atom. The zero-order valence-corrected chi connectivity index (χ0v) is 15.9. The maximum atomic E-state index is 12.2. The van der Waals surface area contributed by atoms with Gasteiger partial charge in [-0.25, -0.2) is 5.43 Å². The van der Waals surface area contributed by atoms with Crippen LogP contribution in [0.3, 0.4) is 0 Å². The molecular weight excluding hydrogens is 374 g/mol. The van der Waals surface area contributed by atoms with Crippen LogP contribution in [0.2, 0.25) is 0 Å². The monoisotopic (exact) mass is 393 g/mol. The molecule has 0 spiro atoms. The number of para-hydroxylation sites is 2. The van der Waals surface area contributed by atoms with E-state index in [1.807, 2.05) is 36.4 Å². The Balaban J connectivity index is 1.70. The predicted octanol–water partition coefficient (Wildman–Crippen LogP) is 3.67. The number of carbonyl (C=O) groups excluding carboxylic acids is 1. The Morgan fingerprint density at radius 1 is 1.07 bits per heavy atom. The molecule has 0 aliphatic heterocycles. The SMILES string of the molecule is COc1ccc(C=NNC(=O)C(C)Oc2ccccc2[N+](=O)[O-])c2ccccc12. The van der Waals surface area contributed by atoms with E-state index in [1.165, 1.54) is 31.3 Å². The number of methoxy groups -OCH3 is 1. The smallest absolute Gasteiger partial charge is 0.310 e. The quantitative estimate of drug-likeness (QED) is 0.375. The Kier molecular flexibility index (Phi) is 6.03. The molecule has 1 unspecified atom stereocenters. The van der Waals surface area contributed by atoms with E-state index in [4.69, 9.17) is 9.47 Å². The first-order valence-electron chi connectivity index (χ1n) is 8.80. The van der Waals surface area contributed by atoms with E-state index in [9.17, 15) is 14.9 Å². The molecule has 8 heteroatoms. The van der Waals surface area contributed by atoms with Crippen molar-refractivity contribution in [2.45, 2.75) is 13.0 Å². The van der Waals surface area contributed by atoms with E-state index in [-0.39, 0.29) is 11.4 Å². The van der Waals surface area contributed by atoms with Crippen LogP contribution in [0.5, 0.6) is 11.5 Å². The highest BCUT2D eigenvalue weighted by molar-refractivity contribution is 6.02. The number of benzene rings is 3. The largest absolute Gasteiger partial charge is 0.496 e. The van der Waals surface area contributed by atoms with Crippen LogP contribution in [0.25, 0.3) is 10.8 Å². The fourth-order valence-corrected chi connectivity index (χ4v) is 2.79. The van der Waals surface area contributed by atoms with Gasteiger partial charge in [-0.3, -0.25) is 14.9 Å². The zero-order chi connectivity index (χ0) is 20.8. The molecule has 0 fully saturated rings. The molecule has 0 saturated heterocycles. The van der Waals surface area contributed by atoms with Crippen LogP contribution in [0.4, 0.5) is 5.69 Å². The Morgan fingerprint density at radius 3 is 2.48 bits per heavy atom. The van der Waals surface area contributed by atoms with Gasteiger partial charge in [0.15, 0.2) is 11.9 Å². The minimum Gasteiger partial charge on any atom is -0.496 e. The van der Waals surface area contributed by atoms with E-state index in [0.29, 0.717) is 0 Å². The van der Waals surface area contributed by atoms with Crippen molar-refractivity contribution in [1.29, 1.82) is 0 Å². The van der Waals surface area contributed by atoms with Crippen LogP contribution in [-0.4, -0.2) is 30.3 Å². The normalized spacial score (nSPS) is 11.9. The second-order valence-electron chi connectivity index (χ2n) is 6.12. The number of hydrogen-bond acceptors (Lipinski definition) is 6. The minimum absolute atomic E-state index is 0.0188. The van der Waals surface area contributed by atoms with Crippen molar-refractivity contribution in [1.82, 2.24) is 5.43 Å². The molecule has 0 aromatic heterocycles. The zero-order valence-electron chi connectivity index (χ0n) is 15.9. The highest BCUT2D eigenvalue weighted by Gasteiger charge is 2.20. The molecule has 8 nitrogen and oxygen atoms in total. The van der Waals surface area contributed by atoms with Gasteiger partial charge in [-0.1, -0.05) is 36.4 Å². The first-order chi connectivity index (χ1) is 14.0. The van der Waals surface area contributed by atoms with Crippen molar-refractivity contribution >= 4 is 28.6 Å². The second kappa shape index (κ2) is 8.83. The molecule has 29 heavy (non-hydrogen) atoms. The lowest BCUT2D eigenvalue weighted by Crippen LogP contribution is -2.33. The molecule has 0 saturated carbocycles. The summed E-state index contributed by atoms with van der Waals surface area (Å²) in [4.78, 5) is 22.7. The van der Waals surface area contributed by atoms with Gasteiger partial charge >= 0.3 is 5.69 Å². The number of ether oxygens (including phenoxy) is 2. The number of nitrogens with zero attached hydrogens (tertiary/aromatic N) is 2. The molecule has 3 aromatic carbocycles. The molecule has 3 rings (SSSR count). The van der Waals surface area contributed by atoms with E-state index < -0.39 is 16.9 Å². The van der Waals surface area contributed by atoms with Crippen LogP contribution in [0.1, 0.15) is 12.5 Å². The number of hydrazone groups is 1. The number of hydrogen-bond donors (Lipinski definition) is 1. The Bertz CT molecular complexity index is 1080. The molecule has 0 aliphatic carbocycles. The highest BCUT2D eigenvalue weighted by Crippen LogP contribution is 2.28. The average molecular weight is 393 g/mol. The van der Waals surface area contributed by atoms with E-state index in [2.05, 4.69) is 10.5 Å². The minimum atomic E-state index is -0.971. The summed E-state index contributed by atoms with van der Waals surface area (Å²) in [6, 6.07) is 17.2. The molecule has 3 aromatic rings. The summed E-state index contributed by atoms with van der Waals surface area (Å²) in [6.07, 6.45) is 0.554. The summed E-state index contributed by atoms with van der Waals surface area (Å²) in [5.41, 5.74) is 2.99. The van der Waals surface area contributed by atoms with Crippen LogP contribution >= 0.6 is 0 Å². The maximum Gasteiger partial charge on any atom is 0.310 e. The van der Waals surface area contributed by atoms with E-state index >= 15 is 0 Å². The average Bonchev–Trinajstić information content (AvgIpc) is 2.73. The lowest BCUT2D eigenvalue weighted by Gasteiger charge is -2.13. The van der Waals surface area contributed by atoms with Gasteiger partial charge in [-0.2, -0.15) is 5.10 Å². The number of nitrogens with one attached hydrogen (secondary N) is 1. The maximum absolute atomic E-state index is 12.2. The number of rotatable bonds is 7. The number of carbonyl (C=O) groups is 1. The number of nitro groups is 1. The van der Waals surface area contributed by atoms with Crippen molar-refractivity contribution in [2.75, 3.05) is 7.11 Å². The third-order valence-electron chi connectivity index (χ3n) is 4.25. The molecule has 1 atom stereocenters. The highest BCUT2D eigenvalue weighted by atomic mass is 16.6. The van der Waals surface area contributed by atoms with Crippen molar-refractivity contribution in [3.05, 3.63) is 76.3 Å². The third-order valence-corrected chi connectivity index (χ3v) is 4.25. The molecular formula is C21H19N3O5. The van der Waals surface area contributed by atoms with E-state index in [0.717, 1.165) is 22.1 Å². The molecule has 0 aliphatic rings. The number of amides is 1. The standard InChI is InChI=1S/C21H19N3O5/c1-14(29-20-10-6-5-9-18(20)24(26)27)21(25)23-22-13-15-11-12-19(28-2)17-8-4-3-7-16(15)17/h3-14H,1-2H3,(H,23,25). The molecule has 1 N–H and O–H groups in total. The van der Waals surface area contributed by atoms with Gasteiger partial charge in [0.2, 0.25) is 0 Å². The molecule has 0 heterocycles. The molecule has 148 valence electrons. The first kappa shape index (κ1) is 19.8. The fraction of sp³-hybridized carbons (Fsp3) is 0.143. The summed E-state index contributed by atoms with van der Waals surface area (Å²) >= 11 is 0. The lowest BCUT2D eigenvalue weighted by atomic mass is 10.0. The van der Waals surface area contributed by atoms with Gasteiger partial charge in [0, 0.05) is 17.0 Å². The Labute approximate surface area is 166 Å². The predicted molar refractivity (Wildman–Crippen MR) is 109 cm³/mol. The van der Waals surface area contributed by atoms with Crippen molar-refractivity contribution in [3.8, 4) is 11.5 Å². The van der Waals surface area contributed by atoms with Crippen LogP contribution < -0.4 is 14.9 Å². The second-order valence-corrected chi connectivity index (χ2v) is 6.12. The van der Waals surface area contributed by atoms with Gasteiger partial charge in [0.1, 0.15) is 5.75 Å². The molecule has 0 radical (unpaired) electrons. The van der Waals surface area contributed by atoms with Gasteiger partial charge in [0.25, 0.3) is 5.91 Å². The Hall–Kier alpha value is -3.94. The number of fused-ring (bicyclic) bond motifs is 1. The van der Waals surface area contributed by atoms with E-state index in [1.54, 1.807) is 13.2 Å². The van der Waals surface area contributed by atoms with Gasteiger partial charge in [-0.15, -0.1) is 0 Å². The third kappa shape index (κ3) is 4.49. The summed E-state index contributed by atoms with van der Waals surface area (Å²) in [6.45, 7) is 1.49. The summed E-state index contributed by atoms with van der Waals surface area (Å²) in [7, 11) is 1.61. The fourth-order valence-electron chi connectivity index (χ4n) is 2.79. The molecule has 1 amide bonds. The van der Waals surface area contributed by atoms with Crippen molar-refractivity contribution in [3.63, 3.8) is 0 Å². The summed E-state index contributed by atoms with van der Waals surface area (Å²) in [5, 5.41) is 16.9. The van der Waals surface area contributed by atoms with Crippen LogP contribution in [0, 0.1) is 10.1 Å². The summed E-state index contributed by atoms with van der Waals surface area (Å²) in [5.74, 6) is 0.232. The van der Waals surface area contributed by atoms with Gasteiger partial charge in [0.05, 0.1) is 18.2 Å². The summed E-state index contributed by atoms with van der Waals surface area (Å²) < 4.78 is 10.8. The van der Waals surface area contributed by atoms with Crippen molar-refractivity contribution in [2.24, 2.45) is 5.10 Å². The first-order valence-corrected chi connectivity index (χ1v) is 8.80. The van der Waals surface area contributed by atoms with Crippen LogP contribution in [0.15, 0.2) is 65.8 Å². The van der Waals surface area contributed by atoms with Gasteiger partial charge in [-0.05, 0) is 30.5 Å². The number of nitro benzene ring substituents is 1. The van der Waals surface area contributed by atoms with Gasteiger partial charge < -0.3 is 9.47 Å².